The number of sulfonamides is 1. The second kappa shape index (κ2) is 6.07. The van der Waals surface area contributed by atoms with Gasteiger partial charge in [0.05, 0.1) is 23.2 Å². The molecule has 0 amide bonds. The van der Waals surface area contributed by atoms with E-state index in [1.165, 1.54) is 0 Å². The molecule has 1 saturated carbocycles. The standard InChI is InChI=1S/C16H21N3O3S/c1-11-3-5-15(6-4-11)23(21,22)18-16(12-7-14(20)8-12)13-9-17-19(2)10-13/h3-6,9-10,12,14,16,18,20H,7-8H2,1-2H3/t12?,14?,16-/m1/s1. The largest absolute Gasteiger partial charge is 0.393 e. The molecule has 0 radical (unpaired) electrons. The molecule has 1 atom stereocenters. The molecule has 23 heavy (non-hydrogen) atoms. The summed E-state index contributed by atoms with van der Waals surface area (Å²) >= 11 is 0. The topological polar surface area (TPSA) is 84.2 Å². The average molecular weight is 335 g/mol. The minimum absolute atomic E-state index is 0.0782. The van der Waals surface area contributed by atoms with Gasteiger partial charge in [-0.15, -0.1) is 0 Å². The molecule has 0 saturated heterocycles. The maximum absolute atomic E-state index is 12.7. The predicted octanol–water partition coefficient (Wildman–Crippen LogP) is 1.52. The summed E-state index contributed by atoms with van der Waals surface area (Å²) in [6, 6.07) is 6.39. The number of aliphatic hydroxyl groups is 1. The van der Waals surface area contributed by atoms with Crippen molar-refractivity contribution in [3.8, 4) is 0 Å². The van der Waals surface area contributed by atoms with E-state index in [0.717, 1.165) is 11.1 Å². The summed E-state index contributed by atoms with van der Waals surface area (Å²) in [7, 11) is -1.83. The number of aryl methyl sites for hydroxylation is 2. The maximum atomic E-state index is 12.7. The van der Waals surface area contributed by atoms with Crippen LogP contribution in [0.3, 0.4) is 0 Å². The highest BCUT2D eigenvalue weighted by Gasteiger charge is 2.37. The molecule has 0 bridgehead atoms. The van der Waals surface area contributed by atoms with Gasteiger partial charge in [-0.2, -0.15) is 5.10 Å². The molecular formula is C16H21N3O3S. The Morgan fingerprint density at radius 1 is 1.30 bits per heavy atom. The Bertz CT molecular complexity index is 777. The van der Waals surface area contributed by atoms with Crippen LogP contribution in [0.2, 0.25) is 0 Å². The van der Waals surface area contributed by atoms with Crippen LogP contribution in [-0.2, 0) is 17.1 Å². The fourth-order valence-corrected chi connectivity index (χ4v) is 4.19. The van der Waals surface area contributed by atoms with Crippen LogP contribution in [0.1, 0.15) is 30.0 Å². The fourth-order valence-electron chi connectivity index (χ4n) is 2.89. The highest BCUT2D eigenvalue weighted by molar-refractivity contribution is 7.89. The van der Waals surface area contributed by atoms with Crippen LogP contribution in [-0.4, -0.2) is 29.4 Å². The number of aromatic nitrogens is 2. The highest BCUT2D eigenvalue weighted by Crippen LogP contribution is 2.38. The fraction of sp³-hybridized carbons (Fsp3) is 0.438. The Labute approximate surface area is 136 Å². The van der Waals surface area contributed by atoms with E-state index in [-0.39, 0.29) is 23.0 Å². The summed E-state index contributed by atoms with van der Waals surface area (Å²) in [5, 5.41) is 13.7. The van der Waals surface area contributed by atoms with Crippen molar-refractivity contribution >= 4 is 10.0 Å². The van der Waals surface area contributed by atoms with Gasteiger partial charge in [0.2, 0.25) is 10.0 Å². The lowest BCUT2D eigenvalue weighted by Crippen LogP contribution is -2.41. The van der Waals surface area contributed by atoms with Crippen LogP contribution >= 0.6 is 0 Å². The van der Waals surface area contributed by atoms with Crippen molar-refractivity contribution in [1.29, 1.82) is 0 Å². The summed E-state index contributed by atoms with van der Waals surface area (Å²) < 4.78 is 29.8. The highest BCUT2D eigenvalue weighted by atomic mass is 32.2. The number of benzene rings is 1. The average Bonchev–Trinajstić information content (AvgIpc) is 2.89. The minimum atomic E-state index is -3.62. The van der Waals surface area contributed by atoms with Gasteiger partial charge >= 0.3 is 0 Å². The molecule has 1 aromatic carbocycles. The van der Waals surface area contributed by atoms with E-state index in [9.17, 15) is 13.5 Å². The predicted molar refractivity (Wildman–Crippen MR) is 86.2 cm³/mol. The van der Waals surface area contributed by atoms with E-state index in [4.69, 9.17) is 0 Å². The van der Waals surface area contributed by atoms with Gasteiger partial charge in [-0.05, 0) is 37.8 Å². The Morgan fingerprint density at radius 2 is 1.96 bits per heavy atom. The molecule has 1 aliphatic carbocycles. The van der Waals surface area contributed by atoms with Gasteiger partial charge in [0.15, 0.2) is 0 Å². The molecule has 2 N–H and O–H groups in total. The van der Waals surface area contributed by atoms with Crippen LogP contribution in [0.4, 0.5) is 0 Å². The van der Waals surface area contributed by atoms with E-state index in [1.807, 2.05) is 13.1 Å². The van der Waals surface area contributed by atoms with Gasteiger partial charge in [0, 0.05) is 18.8 Å². The molecule has 1 aliphatic rings. The van der Waals surface area contributed by atoms with Gasteiger partial charge in [0.25, 0.3) is 0 Å². The number of hydrogen-bond acceptors (Lipinski definition) is 4. The first-order valence-corrected chi connectivity index (χ1v) is 9.09. The SMILES string of the molecule is Cc1ccc(S(=O)(=O)N[C@@H](c2cnn(C)c2)C2CC(O)C2)cc1. The van der Waals surface area contributed by atoms with E-state index < -0.39 is 10.0 Å². The molecule has 2 aromatic rings. The Balaban J connectivity index is 1.87. The van der Waals surface area contributed by atoms with Crippen LogP contribution < -0.4 is 4.72 Å². The molecule has 3 rings (SSSR count). The summed E-state index contributed by atoms with van der Waals surface area (Å²) in [6.07, 6.45) is 4.33. The lowest BCUT2D eigenvalue weighted by Gasteiger charge is -2.37. The van der Waals surface area contributed by atoms with Crippen molar-refractivity contribution in [3.05, 3.63) is 47.8 Å². The zero-order valence-corrected chi connectivity index (χ0v) is 14.0. The molecule has 0 spiro atoms. The normalized spacial score (nSPS) is 22.6. The molecule has 0 aliphatic heterocycles. The Morgan fingerprint density at radius 3 is 2.48 bits per heavy atom. The second-order valence-corrected chi connectivity index (χ2v) is 7.96. The third kappa shape index (κ3) is 3.46. The van der Waals surface area contributed by atoms with Gasteiger partial charge in [0.1, 0.15) is 0 Å². The number of rotatable bonds is 5. The summed E-state index contributed by atoms with van der Waals surface area (Å²) in [5.41, 5.74) is 1.83. The number of hydrogen-bond donors (Lipinski definition) is 2. The van der Waals surface area contributed by atoms with Gasteiger partial charge in [-0.25, -0.2) is 13.1 Å². The Hall–Kier alpha value is -1.70. The third-order valence-corrected chi connectivity index (χ3v) is 5.78. The zero-order valence-electron chi connectivity index (χ0n) is 13.2. The molecule has 124 valence electrons. The van der Waals surface area contributed by atoms with Gasteiger partial charge in [-0.1, -0.05) is 17.7 Å². The van der Waals surface area contributed by atoms with Crippen LogP contribution in [0.15, 0.2) is 41.6 Å². The maximum Gasteiger partial charge on any atom is 0.241 e. The molecule has 7 heteroatoms. The first kappa shape index (κ1) is 16.2. The minimum Gasteiger partial charge on any atom is -0.393 e. The van der Waals surface area contributed by atoms with Crippen molar-refractivity contribution < 1.29 is 13.5 Å². The van der Waals surface area contributed by atoms with Crippen LogP contribution in [0.5, 0.6) is 0 Å². The summed E-state index contributed by atoms with van der Waals surface area (Å²) in [6.45, 7) is 1.91. The van der Waals surface area contributed by atoms with Crippen molar-refractivity contribution in [3.63, 3.8) is 0 Å². The number of nitrogens with one attached hydrogen (secondary N) is 1. The molecule has 0 unspecified atom stereocenters. The van der Waals surface area contributed by atoms with Crippen LogP contribution in [0, 0.1) is 12.8 Å². The van der Waals surface area contributed by atoms with Gasteiger partial charge in [-0.3, -0.25) is 4.68 Å². The van der Waals surface area contributed by atoms with E-state index in [2.05, 4.69) is 9.82 Å². The van der Waals surface area contributed by atoms with Crippen molar-refractivity contribution in [1.82, 2.24) is 14.5 Å². The second-order valence-electron chi connectivity index (χ2n) is 6.24. The number of nitrogens with zero attached hydrogens (tertiary/aromatic N) is 2. The van der Waals surface area contributed by atoms with Crippen molar-refractivity contribution in [2.45, 2.75) is 36.8 Å². The first-order valence-electron chi connectivity index (χ1n) is 7.61. The third-order valence-electron chi connectivity index (χ3n) is 4.32. The van der Waals surface area contributed by atoms with Gasteiger partial charge < -0.3 is 5.11 Å². The smallest absolute Gasteiger partial charge is 0.241 e. The first-order chi connectivity index (χ1) is 10.8. The summed E-state index contributed by atoms with van der Waals surface area (Å²) in [5.74, 6) is 0.0782. The van der Waals surface area contributed by atoms with E-state index >= 15 is 0 Å². The van der Waals surface area contributed by atoms with Crippen LogP contribution in [0.25, 0.3) is 0 Å². The summed E-state index contributed by atoms with van der Waals surface area (Å²) in [4.78, 5) is 0.247. The zero-order chi connectivity index (χ0) is 16.6. The van der Waals surface area contributed by atoms with Crippen molar-refractivity contribution in [2.75, 3.05) is 0 Å². The Kier molecular flexibility index (Phi) is 4.27. The van der Waals surface area contributed by atoms with E-state index in [1.54, 1.807) is 42.2 Å². The molecule has 6 nitrogen and oxygen atoms in total. The molecule has 1 heterocycles. The lowest BCUT2D eigenvalue weighted by atomic mass is 9.76. The van der Waals surface area contributed by atoms with E-state index in [0.29, 0.717) is 12.8 Å². The molecule has 1 aromatic heterocycles. The van der Waals surface area contributed by atoms with Crippen molar-refractivity contribution in [2.24, 2.45) is 13.0 Å². The lowest BCUT2D eigenvalue weighted by molar-refractivity contribution is 0.0280. The molecular weight excluding hydrogens is 314 g/mol. The quantitative estimate of drug-likeness (QED) is 0.868. The number of aliphatic hydroxyl groups excluding tert-OH is 1. The molecule has 1 fully saturated rings. The monoisotopic (exact) mass is 335 g/mol.